The van der Waals surface area contributed by atoms with E-state index in [0.29, 0.717) is 24.3 Å². The molecule has 0 aliphatic carbocycles. The van der Waals surface area contributed by atoms with Gasteiger partial charge in [-0.05, 0) is 43.2 Å². The molecule has 0 N–H and O–H groups in total. The van der Waals surface area contributed by atoms with Gasteiger partial charge in [-0.3, -0.25) is 4.79 Å². The minimum absolute atomic E-state index is 0.0363. The standard InChI is InChI=1S/C26H43NO4SSi/c1-9-33(10-2,11-3)21(7)24-18-27(32(29,30)23-14-12-20(6)13-15-23)25(19(4)5)16-22(24)17-26(28)31-8/h12-15,19,22,24-25H,7,9-11,16-18H2,1-6,8H3/t22-,24-,25-/m1/s1. The number of piperidine rings is 1. The van der Waals surface area contributed by atoms with Crippen molar-refractivity contribution >= 4 is 24.1 Å². The summed E-state index contributed by atoms with van der Waals surface area (Å²) in [6, 6.07) is 10.2. The van der Waals surface area contributed by atoms with Crippen LogP contribution < -0.4 is 0 Å². The number of ether oxygens (including phenoxy) is 1. The molecule has 0 bridgehead atoms. The van der Waals surface area contributed by atoms with Gasteiger partial charge in [0.1, 0.15) is 0 Å². The van der Waals surface area contributed by atoms with Crippen LogP contribution in [0.4, 0.5) is 0 Å². The van der Waals surface area contributed by atoms with Crippen LogP contribution in [0.25, 0.3) is 0 Å². The number of aryl methyl sites for hydroxylation is 1. The van der Waals surface area contributed by atoms with Gasteiger partial charge in [-0.15, -0.1) is 6.58 Å². The molecule has 3 atom stereocenters. The average Bonchev–Trinajstić information content (AvgIpc) is 2.80. The minimum Gasteiger partial charge on any atom is -0.469 e. The van der Waals surface area contributed by atoms with E-state index in [0.717, 1.165) is 23.7 Å². The van der Waals surface area contributed by atoms with Crippen molar-refractivity contribution in [2.24, 2.45) is 17.8 Å². The van der Waals surface area contributed by atoms with Crippen molar-refractivity contribution in [3.8, 4) is 0 Å². The minimum atomic E-state index is -3.67. The van der Waals surface area contributed by atoms with Crippen molar-refractivity contribution in [2.75, 3.05) is 13.7 Å². The first-order chi connectivity index (χ1) is 15.5. The lowest BCUT2D eigenvalue weighted by molar-refractivity contribution is -0.142. The number of benzene rings is 1. The Bertz CT molecular complexity index is 914. The van der Waals surface area contributed by atoms with Crippen molar-refractivity contribution in [3.63, 3.8) is 0 Å². The van der Waals surface area contributed by atoms with Gasteiger partial charge in [-0.1, -0.05) is 75.6 Å². The van der Waals surface area contributed by atoms with E-state index >= 15 is 0 Å². The van der Waals surface area contributed by atoms with Crippen LogP contribution in [0.2, 0.25) is 18.1 Å². The van der Waals surface area contributed by atoms with Crippen LogP contribution in [0.1, 0.15) is 53.0 Å². The first-order valence-corrected chi connectivity index (χ1v) is 16.4. The fourth-order valence-electron chi connectivity index (χ4n) is 5.54. The molecule has 0 unspecified atom stereocenters. The molecule has 5 nitrogen and oxygen atoms in total. The van der Waals surface area contributed by atoms with E-state index in [1.807, 2.05) is 19.1 Å². The predicted molar refractivity (Wildman–Crippen MR) is 138 cm³/mol. The third-order valence-electron chi connectivity index (χ3n) is 8.07. The molecule has 0 saturated carbocycles. The van der Waals surface area contributed by atoms with Crippen LogP contribution in [0.5, 0.6) is 0 Å². The molecule has 1 aliphatic heterocycles. The fourth-order valence-corrected chi connectivity index (χ4v) is 11.3. The van der Waals surface area contributed by atoms with Crippen LogP contribution >= 0.6 is 0 Å². The largest absolute Gasteiger partial charge is 0.469 e. The topological polar surface area (TPSA) is 63.7 Å². The lowest BCUT2D eigenvalue weighted by atomic mass is 9.78. The molecule has 1 aromatic rings. The monoisotopic (exact) mass is 493 g/mol. The van der Waals surface area contributed by atoms with Gasteiger partial charge in [-0.2, -0.15) is 4.31 Å². The van der Waals surface area contributed by atoms with Gasteiger partial charge in [0.15, 0.2) is 0 Å². The van der Waals surface area contributed by atoms with Crippen LogP contribution in [0.15, 0.2) is 40.9 Å². The molecular formula is C26H43NO4SSi. The molecule has 1 heterocycles. The Morgan fingerprint density at radius 3 is 2.15 bits per heavy atom. The maximum Gasteiger partial charge on any atom is 0.305 e. The van der Waals surface area contributed by atoms with Crippen molar-refractivity contribution in [2.45, 2.75) is 83.5 Å². The first-order valence-electron chi connectivity index (χ1n) is 12.3. The summed E-state index contributed by atoms with van der Waals surface area (Å²) in [5.41, 5.74) is 1.03. The van der Waals surface area contributed by atoms with Gasteiger partial charge in [0.05, 0.1) is 20.1 Å². The van der Waals surface area contributed by atoms with Crippen molar-refractivity contribution < 1.29 is 17.9 Å². The SMILES string of the molecule is C=C([C@H]1CN(S(=O)(=O)c2ccc(C)cc2)[C@@H](C(C)C)C[C@@H]1CC(=O)OC)[Si](CC)(CC)CC. The maximum absolute atomic E-state index is 13.8. The third-order valence-corrected chi connectivity index (χ3v) is 15.8. The highest BCUT2D eigenvalue weighted by Crippen LogP contribution is 2.44. The second-order valence-electron chi connectivity index (χ2n) is 9.95. The number of rotatable bonds is 10. The number of hydrogen-bond acceptors (Lipinski definition) is 4. The smallest absolute Gasteiger partial charge is 0.305 e. The highest BCUT2D eigenvalue weighted by molar-refractivity contribution is 7.89. The zero-order chi connectivity index (χ0) is 25.0. The lowest BCUT2D eigenvalue weighted by Crippen LogP contribution is -2.55. The summed E-state index contributed by atoms with van der Waals surface area (Å²) in [6.07, 6.45) is 0.951. The quantitative estimate of drug-likeness (QED) is 0.305. The molecule has 1 aliphatic rings. The number of methoxy groups -OCH3 is 1. The summed E-state index contributed by atoms with van der Waals surface area (Å²) in [7, 11) is -4.05. The van der Waals surface area contributed by atoms with Crippen LogP contribution in [-0.4, -0.2) is 46.5 Å². The number of hydrogen-bond donors (Lipinski definition) is 0. The highest BCUT2D eigenvalue weighted by Gasteiger charge is 2.47. The van der Waals surface area contributed by atoms with Gasteiger partial charge in [0, 0.05) is 19.0 Å². The van der Waals surface area contributed by atoms with E-state index < -0.39 is 18.1 Å². The lowest BCUT2D eigenvalue weighted by Gasteiger charge is -2.48. The molecule has 0 aromatic heterocycles. The molecule has 186 valence electrons. The summed E-state index contributed by atoms with van der Waals surface area (Å²) >= 11 is 0. The second kappa shape index (κ2) is 11.3. The summed E-state index contributed by atoms with van der Waals surface area (Å²) in [6.45, 7) is 17.8. The van der Waals surface area contributed by atoms with Crippen LogP contribution in [-0.2, 0) is 19.6 Å². The number of esters is 1. The maximum atomic E-state index is 13.8. The van der Waals surface area contributed by atoms with E-state index in [1.54, 1.807) is 16.4 Å². The Kier molecular flexibility index (Phi) is 9.54. The normalized spacial score (nSPS) is 22.4. The van der Waals surface area contributed by atoms with Gasteiger partial charge in [-0.25, -0.2) is 8.42 Å². The summed E-state index contributed by atoms with van der Waals surface area (Å²) in [5, 5.41) is 1.22. The van der Waals surface area contributed by atoms with Gasteiger partial charge in [0.25, 0.3) is 0 Å². The Labute approximate surface area is 202 Å². The Morgan fingerprint density at radius 2 is 1.70 bits per heavy atom. The molecule has 1 saturated heterocycles. The predicted octanol–water partition coefficient (Wildman–Crippen LogP) is 5.81. The van der Waals surface area contributed by atoms with Crippen molar-refractivity contribution in [3.05, 3.63) is 41.6 Å². The Morgan fingerprint density at radius 1 is 1.15 bits per heavy atom. The van der Waals surface area contributed by atoms with Crippen LogP contribution in [0.3, 0.4) is 0 Å². The summed E-state index contributed by atoms with van der Waals surface area (Å²) in [5.74, 6) is -0.0961. The molecule has 0 amide bonds. The molecule has 33 heavy (non-hydrogen) atoms. The van der Waals surface area contributed by atoms with E-state index in [9.17, 15) is 13.2 Å². The molecule has 2 rings (SSSR count). The third kappa shape index (κ3) is 5.80. The number of carbonyl (C=O) groups is 1. The Balaban J connectivity index is 2.56. The van der Waals surface area contributed by atoms with Gasteiger partial charge in [0.2, 0.25) is 10.0 Å². The molecule has 0 spiro atoms. The first kappa shape index (κ1) is 27.8. The highest BCUT2D eigenvalue weighted by atomic mass is 32.2. The van der Waals surface area contributed by atoms with E-state index in [-0.39, 0.29) is 29.8 Å². The summed E-state index contributed by atoms with van der Waals surface area (Å²) in [4.78, 5) is 12.7. The second-order valence-corrected chi connectivity index (χ2v) is 17.2. The molecular weight excluding hydrogens is 450 g/mol. The van der Waals surface area contributed by atoms with Crippen LogP contribution in [0, 0.1) is 24.7 Å². The zero-order valence-electron chi connectivity index (χ0n) is 21.6. The van der Waals surface area contributed by atoms with E-state index in [4.69, 9.17) is 4.74 Å². The van der Waals surface area contributed by atoms with E-state index in [1.165, 1.54) is 12.3 Å². The summed E-state index contributed by atoms with van der Waals surface area (Å²) < 4.78 is 34.4. The average molecular weight is 494 g/mol. The Hall–Kier alpha value is -1.44. The molecule has 1 aromatic carbocycles. The van der Waals surface area contributed by atoms with Crippen molar-refractivity contribution in [1.29, 1.82) is 0 Å². The molecule has 0 radical (unpaired) electrons. The number of carbonyl (C=O) groups excluding carboxylic acids is 1. The van der Waals surface area contributed by atoms with Gasteiger partial charge >= 0.3 is 5.97 Å². The number of nitrogens with zero attached hydrogens (tertiary/aromatic N) is 1. The zero-order valence-corrected chi connectivity index (χ0v) is 23.4. The fraction of sp³-hybridized carbons (Fsp3) is 0.654. The van der Waals surface area contributed by atoms with E-state index in [2.05, 4.69) is 41.2 Å². The molecule has 1 fully saturated rings. The van der Waals surface area contributed by atoms with Gasteiger partial charge < -0.3 is 4.74 Å². The van der Waals surface area contributed by atoms with Crippen molar-refractivity contribution in [1.82, 2.24) is 4.31 Å². The molecule has 7 heteroatoms. The number of sulfonamides is 1.